The van der Waals surface area contributed by atoms with E-state index in [4.69, 9.17) is 0 Å². The van der Waals surface area contributed by atoms with Crippen molar-refractivity contribution < 1.29 is 8.42 Å². The number of thiazole rings is 1. The van der Waals surface area contributed by atoms with E-state index in [1.54, 1.807) is 24.3 Å². The summed E-state index contributed by atoms with van der Waals surface area (Å²) in [5.41, 5.74) is 3.71. The molecule has 0 aliphatic carbocycles. The molecule has 1 N–H and O–H groups in total. The SMILES string of the molecule is Cc1ccc(S(=O)(=O)Nc2nc(-c3ccccc3)c(-c3ccccc3)s2)cc1. The minimum absolute atomic E-state index is 0.218. The van der Waals surface area contributed by atoms with E-state index in [2.05, 4.69) is 9.71 Å². The highest BCUT2D eigenvalue weighted by Gasteiger charge is 2.20. The summed E-state index contributed by atoms with van der Waals surface area (Å²) in [5, 5.41) is 0.346. The molecule has 4 aromatic rings. The first-order chi connectivity index (χ1) is 13.5. The van der Waals surface area contributed by atoms with E-state index < -0.39 is 10.0 Å². The van der Waals surface area contributed by atoms with Gasteiger partial charge in [0, 0.05) is 5.56 Å². The fourth-order valence-electron chi connectivity index (χ4n) is 2.83. The van der Waals surface area contributed by atoms with Crippen molar-refractivity contribution in [2.24, 2.45) is 0 Å². The van der Waals surface area contributed by atoms with Gasteiger partial charge in [0.05, 0.1) is 15.5 Å². The van der Waals surface area contributed by atoms with Crippen molar-refractivity contribution in [3.05, 3.63) is 90.5 Å². The molecule has 140 valence electrons. The molecule has 0 bridgehead atoms. The summed E-state index contributed by atoms with van der Waals surface area (Å²) in [4.78, 5) is 5.76. The van der Waals surface area contributed by atoms with Gasteiger partial charge in [0.1, 0.15) is 0 Å². The number of benzene rings is 3. The molecule has 0 saturated heterocycles. The first-order valence-corrected chi connectivity index (χ1v) is 11.0. The molecule has 0 atom stereocenters. The minimum atomic E-state index is -3.70. The summed E-state index contributed by atoms with van der Waals surface area (Å²) < 4.78 is 28.2. The van der Waals surface area contributed by atoms with Crippen molar-refractivity contribution in [1.82, 2.24) is 4.98 Å². The number of hydrogen-bond donors (Lipinski definition) is 1. The number of aromatic nitrogens is 1. The zero-order chi connectivity index (χ0) is 19.6. The van der Waals surface area contributed by atoms with Crippen LogP contribution in [0.3, 0.4) is 0 Å². The largest absolute Gasteiger partial charge is 0.263 e. The highest BCUT2D eigenvalue weighted by Crippen LogP contribution is 2.39. The summed E-state index contributed by atoms with van der Waals surface area (Å²) in [5.74, 6) is 0. The normalized spacial score (nSPS) is 11.3. The summed E-state index contributed by atoms with van der Waals surface area (Å²) in [6, 6.07) is 26.4. The second-order valence-corrected chi connectivity index (χ2v) is 9.03. The summed E-state index contributed by atoms with van der Waals surface area (Å²) in [7, 11) is -3.70. The minimum Gasteiger partial charge on any atom is -0.255 e. The van der Waals surface area contributed by atoms with Crippen LogP contribution in [0, 0.1) is 6.92 Å². The van der Waals surface area contributed by atoms with Gasteiger partial charge in [-0.05, 0) is 24.6 Å². The average molecular weight is 407 g/mol. The van der Waals surface area contributed by atoms with Crippen LogP contribution in [0.15, 0.2) is 89.8 Å². The monoisotopic (exact) mass is 406 g/mol. The van der Waals surface area contributed by atoms with Crippen molar-refractivity contribution in [3.8, 4) is 21.7 Å². The van der Waals surface area contributed by atoms with Crippen LogP contribution in [0.4, 0.5) is 5.13 Å². The maximum atomic E-state index is 12.8. The highest BCUT2D eigenvalue weighted by atomic mass is 32.2. The fraction of sp³-hybridized carbons (Fsp3) is 0.0455. The Hall–Kier alpha value is -2.96. The van der Waals surface area contributed by atoms with Crippen molar-refractivity contribution in [3.63, 3.8) is 0 Å². The number of sulfonamides is 1. The van der Waals surface area contributed by atoms with Crippen LogP contribution in [0.5, 0.6) is 0 Å². The lowest BCUT2D eigenvalue weighted by molar-refractivity contribution is 0.601. The van der Waals surface area contributed by atoms with Gasteiger partial charge in [0.15, 0.2) is 5.13 Å². The molecule has 6 heteroatoms. The molecule has 1 heterocycles. The smallest absolute Gasteiger partial charge is 0.255 e. The second-order valence-electron chi connectivity index (χ2n) is 6.35. The zero-order valence-corrected chi connectivity index (χ0v) is 16.8. The van der Waals surface area contributed by atoms with E-state index in [1.807, 2.05) is 67.6 Å². The molecule has 0 spiro atoms. The average Bonchev–Trinajstić information content (AvgIpc) is 3.13. The van der Waals surface area contributed by atoms with Crippen LogP contribution in [0.2, 0.25) is 0 Å². The lowest BCUT2D eigenvalue weighted by Gasteiger charge is -2.05. The standard InChI is InChI=1S/C22H18N2O2S2/c1-16-12-14-19(15-13-16)28(25,26)24-22-23-20(17-8-4-2-5-9-17)21(27-22)18-10-6-3-7-11-18/h2-15H,1H3,(H,23,24). The van der Waals surface area contributed by atoms with Crippen molar-refractivity contribution in [2.45, 2.75) is 11.8 Å². The quantitative estimate of drug-likeness (QED) is 0.470. The molecule has 3 aromatic carbocycles. The molecule has 28 heavy (non-hydrogen) atoms. The molecule has 0 amide bonds. The van der Waals surface area contributed by atoms with Crippen LogP contribution in [-0.2, 0) is 10.0 Å². The van der Waals surface area contributed by atoms with E-state index in [9.17, 15) is 8.42 Å². The molecule has 1 aromatic heterocycles. The number of anilines is 1. The third-order valence-corrected chi connectivity index (χ3v) is 6.77. The summed E-state index contributed by atoms with van der Waals surface area (Å²) in [6.45, 7) is 1.92. The molecular weight excluding hydrogens is 388 g/mol. The summed E-state index contributed by atoms with van der Waals surface area (Å²) >= 11 is 1.33. The Kier molecular flexibility index (Phi) is 4.98. The number of hydrogen-bond acceptors (Lipinski definition) is 4. The Labute approximate surface area is 168 Å². The van der Waals surface area contributed by atoms with Crippen molar-refractivity contribution >= 4 is 26.5 Å². The molecular formula is C22H18N2O2S2. The molecule has 0 fully saturated rings. The third kappa shape index (κ3) is 3.83. The van der Waals surface area contributed by atoms with Gasteiger partial charge < -0.3 is 0 Å². The molecule has 0 unspecified atom stereocenters. The topological polar surface area (TPSA) is 59.1 Å². The maximum absolute atomic E-state index is 12.8. The lowest BCUT2D eigenvalue weighted by atomic mass is 10.1. The molecule has 0 aliphatic heterocycles. The number of aryl methyl sites for hydroxylation is 1. The Morgan fingerprint density at radius 3 is 1.96 bits per heavy atom. The van der Waals surface area contributed by atoms with E-state index in [-0.39, 0.29) is 4.90 Å². The van der Waals surface area contributed by atoms with Gasteiger partial charge in [-0.25, -0.2) is 13.4 Å². The van der Waals surface area contributed by atoms with Crippen LogP contribution >= 0.6 is 11.3 Å². The van der Waals surface area contributed by atoms with E-state index in [0.717, 1.165) is 27.3 Å². The van der Waals surface area contributed by atoms with E-state index >= 15 is 0 Å². The molecule has 4 rings (SSSR count). The van der Waals surface area contributed by atoms with Gasteiger partial charge in [-0.15, -0.1) is 0 Å². The molecule has 0 aliphatic rings. The molecule has 4 nitrogen and oxygen atoms in total. The third-order valence-electron chi connectivity index (χ3n) is 4.26. The molecule has 0 radical (unpaired) electrons. The Morgan fingerprint density at radius 1 is 0.786 bits per heavy atom. The predicted molar refractivity (Wildman–Crippen MR) is 115 cm³/mol. The van der Waals surface area contributed by atoms with Gasteiger partial charge in [0.25, 0.3) is 10.0 Å². The Balaban J connectivity index is 1.76. The van der Waals surface area contributed by atoms with Crippen LogP contribution in [0.1, 0.15) is 5.56 Å². The summed E-state index contributed by atoms with van der Waals surface area (Å²) in [6.07, 6.45) is 0. The zero-order valence-electron chi connectivity index (χ0n) is 15.2. The van der Waals surface area contributed by atoms with Crippen LogP contribution in [0.25, 0.3) is 21.7 Å². The van der Waals surface area contributed by atoms with Gasteiger partial charge in [-0.2, -0.15) is 0 Å². The fourth-order valence-corrected chi connectivity index (χ4v) is 5.06. The van der Waals surface area contributed by atoms with Gasteiger partial charge >= 0.3 is 0 Å². The maximum Gasteiger partial charge on any atom is 0.263 e. The van der Waals surface area contributed by atoms with Gasteiger partial charge in [-0.3, -0.25) is 4.72 Å². The number of nitrogens with one attached hydrogen (secondary N) is 1. The first-order valence-electron chi connectivity index (χ1n) is 8.74. The predicted octanol–water partition coefficient (Wildman–Crippen LogP) is 5.59. The number of nitrogens with zero attached hydrogens (tertiary/aromatic N) is 1. The van der Waals surface area contributed by atoms with E-state index in [1.165, 1.54) is 11.3 Å². The second kappa shape index (κ2) is 7.58. The Bertz CT molecular complexity index is 1130. The lowest BCUT2D eigenvalue weighted by Crippen LogP contribution is -2.12. The van der Waals surface area contributed by atoms with Gasteiger partial charge in [-0.1, -0.05) is 89.7 Å². The van der Waals surface area contributed by atoms with Crippen molar-refractivity contribution in [2.75, 3.05) is 4.72 Å². The Morgan fingerprint density at radius 2 is 1.36 bits per heavy atom. The van der Waals surface area contributed by atoms with Gasteiger partial charge in [0.2, 0.25) is 0 Å². The highest BCUT2D eigenvalue weighted by molar-refractivity contribution is 7.93. The number of rotatable bonds is 5. The van der Waals surface area contributed by atoms with Crippen LogP contribution in [-0.4, -0.2) is 13.4 Å². The van der Waals surface area contributed by atoms with Crippen molar-refractivity contribution in [1.29, 1.82) is 0 Å². The van der Waals surface area contributed by atoms with Crippen LogP contribution < -0.4 is 4.72 Å². The molecule has 0 saturated carbocycles. The first kappa shape index (κ1) is 18.4. The van der Waals surface area contributed by atoms with E-state index in [0.29, 0.717) is 5.13 Å².